The van der Waals surface area contributed by atoms with Crippen molar-refractivity contribution in [2.45, 2.75) is 13.5 Å². The number of carbonyl (C=O) groups excluding carboxylic acids is 1. The SMILES string of the molecule is CCOC(=O)C[n+]1ccc(-c2ccncc2)cc1.Cl.[Br-]. The summed E-state index contributed by atoms with van der Waals surface area (Å²) in [6, 6.07) is 7.83. The average Bonchev–Trinajstić information content (AvgIpc) is 2.41. The number of halogens is 2. The summed E-state index contributed by atoms with van der Waals surface area (Å²) < 4.78 is 6.69. The number of hydrogen-bond acceptors (Lipinski definition) is 3. The molecule has 0 radical (unpaired) electrons. The molecule has 0 saturated carbocycles. The number of nitrogens with zero attached hydrogens (tertiary/aromatic N) is 2. The van der Waals surface area contributed by atoms with Crippen LogP contribution in [0.15, 0.2) is 49.1 Å². The van der Waals surface area contributed by atoms with E-state index in [0.717, 1.165) is 11.1 Å². The maximum atomic E-state index is 11.3. The Kier molecular flexibility index (Phi) is 8.76. The second-order valence-corrected chi connectivity index (χ2v) is 3.80. The largest absolute Gasteiger partial charge is 1.00 e. The fourth-order valence-electron chi connectivity index (χ4n) is 1.66. The fourth-order valence-corrected chi connectivity index (χ4v) is 1.66. The van der Waals surface area contributed by atoms with E-state index in [-0.39, 0.29) is 41.9 Å². The third-order valence-electron chi connectivity index (χ3n) is 2.52. The topological polar surface area (TPSA) is 43.1 Å². The fraction of sp³-hybridized carbons (Fsp3) is 0.214. The van der Waals surface area contributed by atoms with Crippen LogP contribution in [-0.2, 0) is 16.1 Å². The van der Waals surface area contributed by atoms with Crippen LogP contribution in [-0.4, -0.2) is 17.6 Å². The lowest BCUT2D eigenvalue weighted by atomic mass is 10.1. The van der Waals surface area contributed by atoms with Gasteiger partial charge in [0, 0.05) is 24.5 Å². The third-order valence-corrected chi connectivity index (χ3v) is 2.52. The van der Waals surface area contributed by atoms with Gasteiger partial charge in [-0.05, 0) is 30.2 Å². The summed E-state index contributed by atoms with van der Waals surface area (Å²) in [6.45, 7) is 2.45. The molecule has 2 rings (SSSR count). The van der Waals surface area contributed by atoms with Crippen molar-refractivity contribution in [2.75, 3.05) is 6.61 Å². The molecule has 0 saturated heterocycles. The van der Waals surface area contributed by atoms with Gasteiger partial charge in [0.2, 0.25) is 6.54 Å². The number of aromatic nitrogens is 2. The molecule has 2 aromatic rings. The van der Waals surface area contributed by atoms with Crippen LogP contribution in [0.2, 0.25) is 0 Å². The number of hydrogen-bond donors (Lipinski definition) is 0. The van der Waals surface area contributed by atoms with Gasteiger partial charge in [-0.3, -0.25) is 4.98 Å². The minimum Gasteiger partial charge on any atom is -1.00 e. The van der Waals surface area contributed by atoms with E-state index >= 15 is 0 Å². The zero-order valence-corrected chi connectivity index (χ0v) is 13.4. The highest BCUT2D eigenvalue weighted by Crippen LogP contribution is 2.15. The monoisotopic (exact) mass is 358 g/mol. The van der Waals surface area contributed by atoms with Crippen molar-refractivity contribution in [1.29, 1.82) is 0 Å². The molecule has 0 atom stereocenters. The van der Waals surface area contributed by atoms with Crippen LogP contribution in [0, 0.1) is 0 Å². The summed E-state index contributed by atoms with van der Waals surface area (Å²) in [7, 11) is 0. The average molecular weight is 360 g/mol. The van der Waals surface area contributed by atoms with E-state index in [1.54, 1.807) is 23.9 Å². The Bertz CT molecular complexity index is 520. The van der Waals surface area contributed by atoms with Gasteiger partial charge in [0.15, 0.2) is 12.4 Å². The first-order valence-electron chi connectivity index (χ1n) is 5.84. The van der Waals surface area contributed by atoms with Crippen LogP contribution in [0.25, 0.3) is 11.1 Å². The highest BCUT2D eigenvalue weighted by atomic mass is 79.9. The normalized spacial score (nSPS) is 9.05. The first-order chi connectivity index (χ1) is 8.79. The number of carbonyl (C=O) groups is 1. The molecule has 0 N–H and O–H groups in total. The molecular formula is C14H16BrClN2O2. The smallest absolute Gasteiger partial charge is 0.372 e. The molecule has 4 nitrogen and oxygen atoms in total. The van der Waals surface area contributed by atoms with Crippen LogP contribution in [0.1, 0.15) is 6.92 Å². The van der Waals surface area contributed by atoms with Gasteiger partial charge < -0.3 is 21.7 Å². The molecule has 6 heteroatoms. The van der Waals surface area contributed by atoms with Crippen LogP contribution < -0.4 is 21.5 Å². The van der Waals surface area contributed by atoms with Gasteiger partial charge in [-0.2, -0.15) is 4.57 Å². The molecule has 108 valence electrons. The van der Waals surface area contributed by atoms with Crippen LogP contribution in [0.5, 0.6) is 0 Å². The van der Waals surface area contributed by atoms with Gasteiger partial charge in [-0.15, -0.1) is 12.4 Å². The summed E-state index contributed by atoms with van der Waals surface area (Å²) in [6.07, 6.45) is 7.25. The second-order valence-electron chi connectivity index (χ2n) is 3.80. The maximum Gasteiger partial charge on any atom is 0.372 e. The molecule has 0 fully saturated rings. The molecule has 2 heterocycles. The van der Waals surface area contributed by atoms with E-state index in [9.17, 15) is 4.79 Å². The predicted molar refractivity (Wildman–Crippen MR) is 73.7 cm³/mol. The molecule has 0 spiro atoms. The molecule has 2 aromatic heterocycles. The second kappa shape index (κ2) is 9.44. The molecule has 0 aliphatic carbocycles. The van der Waals surface area contributed by atoms with E-state index < -0.39 is 0 Å². The first kappa shape index (κ1) is 18.5. The van der Waals surface area contributed by atoms with Gasteiger partial charge in [-0.25, -0.2) is 4.79 Å². The van der Waals surface area contributed by atoms with Crippen molar-refractivity contribution >= 4 is 18.4 Å². The van der Waals surface area contributed by atoms with Crippen molar-refractivity contribution < 1.29 is 31.1 Å². The number of esters is 1. The quantitative estimate of drug-likeness (QED) is 0.521. The maximum absolute atomic E-state index is 11.3. The molecule has 0 amide bonds. The predicted octanol–water partition coefficient (Wildman–Crippen LogP) is -0.975. The Labute approximate surface area is 135 Å². The summed E-state index contributed by atoms with van der Waals surface area (Å²) in [5.41, 5.74) is 2.20. The highest BCUT2D eigenvalue weighted by molar-refractivity contribution is 5.85. The Morgan fingerprint density at radius 2 is 1.70 bits per heavy atom. The summed E-state index contributed by atoms with van der Waals surface area (Å²) in [5.74, 6) is -0.223. The van der Waals surface area contributed by atoms with Crippen molar-refractivity contribution in [3.63, 3.8) is 0 Å². The van der Waals surface area contributed by atoms with E-state index in [0.29, 0.717) is 6.61 Å². The summed E-state index contributed by atoms with van der Waals surface area (Å²) in [4.78, 5) is 15.3. The Morgan fingerprint density at radius 1 is 1.15 bits per heavy atom. The minimum atomic E-state index is -0.223. The van der Waals surface area contributed by atoms with Crippen molar-refractivity contribution in [2.24, 2.45) is 0 Å². The molecule has 0 bridgehead atoms. The van der Waals surface area contributed by atoms with Crippen molar-refractivity contribution in [1.82, 2.24) is 4.98 Å². The standard InChI is InChI=1S/C14H15N2O2.BrH.ClH/c1-2-18-14(17)11-16-9-5-13(6-10-16)12-3-7-15-8-4-12;;/h3-10H,2,11H2,1H3;2*1H/q+1;;/p-1. The lowest BCUT2D eigenvalue weighted by Gasteiger charge is -2.01. The molecule has 0 aliphatic heterocycles. The van der Waals surface area contributed by atoms with Gasteiger partial charge in [0.25, 0.3) is 0 Å². The Balaban J connectivity index is 0.00000180. The van der Waals surface area contributed by atoms with E-state index in [2.05, 4.69) is 4.98 Å². The molecular weight excluding hydrogens is 344 g/mol. The third kappa shape index (κ3) is 5.27. The number of pyridine rings is 2. The molecule has 0 aliphatic rings. The van der Waals surface area contributed by atoms with E-state index in [1.165, 1.54) is 0 Å². The van der Waals surface area contributed by atoms with Gasteiger partial charge in [0.1, 0.15) is 0 Å². The number of ether oxygens (including phenoxy) is 1. The summed E-state index contributed by atoms with van der Waals surface area (Å²) >= 11 is 0. The van der Waals surface area contributed by atoms with Crippen molar-refractivity contribution in [3.05, 3.63) is 49.1 Å². The first-order valence-corrected chi connectivity index (χ1v) is 5.84. The Morgan fingerprint density at radius 3 is 2.25 bits per heavy atom. The van der Waals surface area contributed by atoms with Crippen LogP contribution in [0.4, 0.5) is 0 Å². The van der Waals surface area contributed by atoms with Crippen LogP contribution >= 0.6 is 12.4 Å². The molecule has 0 aromatic carbocycles. The molecule has 0 unspecified atom stereocenters. The van der Waals surface area contributed by atoms with Crippen molar-refractivity contribution in [3.8, 4) is 11.1 Å². The van der Waals surface area contributed by atoms with E-state index in [1.807, 2.05) is 36.7 Å². The van der Waals surface area contributed by atoms with Gasteiger partial charge >= 0.3 is 5.97 Å². The lowest BCUT2D eigenvalue weighted by molar-refractivity contribution is -0.685. The zero-order valence-electron chi connectivity index (χ0n) is 11.0. The Hall–Kier alpha value is -1.46. The highest BCUT2D eigenvalue weighted by Gasteiger charge is 2.09. The summed E-state index contributed by atoms with van der Waals surface area (Å²) in [5, 5.41) is 0. The van der Waals surface area contributed by atoms with E-state index in [4.69, 9.17) is 4.74 Å². The lowest BCUT2D eigenvalue weighted by Crippen LogP contribution is -3.00. The van der Waals surface area contributed by atoms with Gasteiger partial charge in [-0.1, -0.05) is 0 Å². The van der Waals surface area contributed by atoms with Crippen LogP contribution in [0.3, 0.4) is 0 Å². The zero-order chi connectivity index (χ0) is 12.8. The molecule has 20 heavy (non-hydrogen) atoms. The minimum absolute atomic E-state index is 0. The number of rotatable bonds is 4. The van der Waals surface area contributed by atoms with Gasteiger partial charge in [0.05, 0.1) is 6.61 Å².